The third-order valence-corrected chi connectivity index (χ3v) is 6.46. The maximum absolute atomic E-state index is 12.5. The fourth-order valence-electron chi connectivity index (χ4n) is 2.86. The lowest BCUT2D eigenvalue weighted by molar-refractivity contribution is -0.115. The number of carbonyl (C=O) groups is 1. The zero-order chi connectivity index (χ0) is 20.9. The SMILES string of the molecule is CCN(CC)S(=O)(=O)c1ccc(NC(=O)Cc2ccc(-n3cnnn3)cc2)cc1. The maximum Gasteiger partial charge on any atom is 0.243 e. The Morgan fingerprint density at radius 2 is 1.69 bits per heavy atom. The minimum absolute atomic E-state index is 0.190. The standard InChI is InChI=1S/C19H22N6O3S/c1-3-24(4-2)29(27,28)18-11-7-16(8-12-18)21-19(26)13-15-5-9-17(10-6-15)25-14-20-22-23-25/h5-12,14H,3-4,13H2,1-2H3,(H,21,26). The van der Waals surface area contributed by atoms with Crippen LogP contribution in [-0.2, 0) is 21.2 Å². The molecule has 1 amide bonds. The Hall–Kier alpha value is -3.11. The van der Waals surface area contributed by atoms with Crippen molar-refractivity contribution in [3.8, 4) is 5.69 Å². The van der Waals surface area contributed by atoms with E-state index in [0.717, 1.165) is 11.3 Å². The Labute approximate surface area is 169 Å². The van der Waals surface area contributed by atoms with Gasteiger partial charge in [0.1, 0.15) is 6.33 Å². The summed E-state index contributed by atoms with van der Waals surface area (Å²) in [6, 6.07) is 13.5. The summed E-state index contributed by atoms with van der Waals surface area (Å²) in [6.07, 6.45) is 1.68. The third-order valence-electron chi connectivity index (χ3n) is 4.40. The Morgan fingerprint density at radius 1 is 1.03 bits per heavy atom. The van der Waals surface area contributed by atoms with Crippen molar-refractivity contribution < 1.29 is 13.2 Å². The van der Waals surface area contributed by atoms with E-state index in [-0.39, 0.29) is 17.2 Å². The van der Waals surface area contributed by atoms with Crippen molar-refractivity contribution in [3.63, 3.8) is 0 Å². The number of nitrogens with one attached hydrogen (secondary N) is 1. The van der Waals surface area contributed by atoms with Crippen LogP contribution in [0.5, 0.6) is 0 Å². The highest BCUT2D eigenvalue weighted by Crippen LogP contribution is 2.18. The van der Waals surface area contributed by atoms with Gasteiger partial charge in [0.15, 0.2) is 0 Å². The van der Waals surface area contributed by atoms with Crippen molar-refractivity contribution >= 4 is 21.6 Å². The molecule has 1 heterocycles. The predicted molar refractivity (Wildman–Crippen MR) is 108 cm³/mol. The lowest BCUT2D eigenvalue weighted by atomic mass is 10.1. The van der Waals surface area contributed by atoms with Gasteiger partial charge in [-0.2, -0.15) is 4.31 Å². The molecular weight excluding hydrogens is 392 g/mol. The number of hydrogen-bond acceptors (Lipinski definition) is 6. The highest BCUT2D eigenvalue weighted by Gasteiger charge is 2.21. The molecule has 0 unspecified atom stereocenters. The molecule has 1 N–H and O–H groups in total. The van der Waals surface area contributed by atoms with E-state index >= 15 is 0 Å². The molecule has 0 radical (unpaired) electrons. The smallest absolute Gasteiger partial charge is 0.243 e. The number of anilines is 1. The molecule has 152 valence electrons. The van der Waals surface area contributed by atoms with Crippen LogP contribution in [-0.4, -0.2) is 51.9 Å². The average molecular weight is 414 g/mol. The number of rotatable bonds is 8. The molecule has 2 aromatic carbocycles. The zero-order valence-corrected chi connectivity index (χ0v) is 17.0. The number of carbonyl (C=O) groups excluding carboxylic acids is 1. The molecule has 10 heteroatoms. The summed E-state index contributed by atoms with van der Waals surface area (Å²) in [5.41, 5.74) is 2.17. The van der Waals surface area contributed by atoms with Crippen molar-refractivity contribution in [3.05, 3.63) is 60.4 Å². The van der Waals surface area contributed by atoms with Crippen molar-refractivity contribution in [1.82, 2.24) is 24.5 Å². The lowest BCUT2D eigenvalue weighted by Gasteiger charge is -2.18. The molecule has 0 aliphatic heterocycles. The Bertz CT molecular complexity index is 1040. The van der Waals surface area contributed by atoms with Gasteiger partial charge < -0.3 is 5.32 Å². The third kappa shape index (κ3) is 4.84. The van der Waals surface area contributed by atoms with E-state index < -0.39 is 10.0 Å². The molecule has 0 saturated carbocycles. The van der Waals surface area contributed by atoms with Gasteiger partial charge in [-0.15, -0.1) is 5.10 Å². The number of amides is 1. The Morgan fingerprint density at radius 3 is 2.24 bits per heavy atom. The normalized spacial score (nSPS) is 11.6. The number of sulfonamides is 1. The van der Waals surface area contributed by atoms with Crippen LogP contribution in [0.4, 0.5) is 5.69 Å². The van der Waals surface area contributed by atoms with Gasteiger partial charge in [-0.25, -0.2) is 13.1 Å². The molecule has 0 aliphatic carbocycles. The molecule has 0 bridgehead atoms. The van der Waals surface area contributed by atoms with E-state index in [1.54, 1.807) is 26.0 Å². The van der Waals surface area contributed by atoms with Crippen LogP contribution in [0.3, 0.4) is 0 Å². The summed E-state index contributed by atoms with van der Waals surface area (Å²) in [5, 5.41) is 13.8. The van der Waals surface area contributed by atoms with Crippen LogP contribution >= 0.6 is 0 Å². The molecule has 0 atom stereocenters. The van der Waals surface area contributed by atoms with Gasteiger partial charge in [0.05, 0.1) is 17.0 Å². The maximum atomic E-state index is 12.5. The van der Waals surface area contributed by atoms with Gasteiger partial charge in [-0.05, 0) is 52.4 Å². The number of hydrogen-bond donors (Lipinski definition) is 1. The Kier molecular flexibility index (Phi) is 6.35. The molecule has 0 saturated heterocycles. The first-order valence-electron chi connectivity index (χ1n) is 9.16. The van der Waals surface area contributed by atoms with Gasteiger partial charge >= 0.3 is 0 Å². The summed E-state index contributed by atoms with van der Waals surface area (Å²) in [4.78, 5) is 12.5. The van der Waals surface area contributed by atoms with E-state index in [1.165, 1.54) is 27.4 Å². The second kappa shape index (κ2) is 8.93. The van der Waals surface area contributed by atoms with E-state index in [1.807, 2.05) is 24.3 Å². The topological polar surface area (TPSA) is 110 Å². The van der Waals surface area contributed by atoms with Crippen LogP contribution in [0.1, 0.15) is 19.4 Å². The van der Waals surface area contributed by atoms with Crippen molar-refractivity contribution in [2.45, 2.75) is 25.2 Å². The summed E-state index contributed by atoms with van der Waals surface area (Å²) >= 11 is 0. The van der Waals surface area contributed by atoms with Gasteiger partial charge in [0, 0.05) is 18.8 Å². The molecule has 0 spiro atoms. The zero-order valence-electron chi connectivity index (χ0n) is 16.2. The second-order valence-electron chi connectivity index (χ2n) is 6.26. The van der Waals surface area contributed by atoms with E-state index in [9.17, 15) is 13.2 Å². The minimum Gasteiger partial charge on any atom is -0.326 e. The monoisotopic (exact) mass is 414 g/mol. The quantitative estimate of drug-likeness (QED) is 0.603. The first kappa shape index (κ1) is 20.6. The van der Waals surface area contributed by atoms with Crippen LogP contribution in [0.15, 0.2) is 59.8 Å². The van der Waals surface area contributed by atoms with Crippen LogP contribution in [0, 0.1) is 0 Å². The van der Waals surface area contributed by atoms with Gasteiger partial charge in [0.25, 0.3) is 0 Å². The molecule has 0 aliphatic rings. The minimum atomic E-state index is -3.51. The Balaban J connectivity index is 1.62. The molecule has 29 heavy (non-hydrogen) atoms. The largest absolute Gasteiger partial charge is 0.326 e. The van der Waals surface area contributed by atoms with Gasteiger partial charge in [0.2, 0.25) is 15.9 Å². The van der Waals surface area contributed by atoms with Gasteiger partial charge in [-0.3, -0.25) is 4.79 Å². The molecular formula is C19H22N6O3S. The summed E-state index contributed by atoms with van der Waals surface area (Å²) in [5.74, 6) is -0.195. The first-order valence-corrected chi connectivity index (χ1v) is 10.6. The summed E-state index contributed by atoms with van der Waals surface area (Å²) < 4.78 is 27.9. The van der Waals surface area contributed by atoms with Crippen LogP contribution < -0.4 is 5.32 Å². The highest BCUT2D eigenvalue weighted by atomic mass is 32.2. The number of benzene rings is 2. The molecule has 3 aromatic rings. The number of aromatic nitrogens is 4. The van der Waals surface area contributed by atoms with Crippen LogP contribution in [0.2, 0.25) is 0 Å². The average Bonchev–Trinajstić information content (AvgIpc) is 3.24. The summed E-state index contributed by atoms with van der Waals surface area (Å²) in [7, 11) is -3.51. The molecule has 3 rings (SSSR count). The van der Waals surface area contributed by atoms with Gasteiger partial charge in [-0.1, -0.05) is 26.0 Å². The summed E-state index contributed by atoms with van der Waals surface area (Å²) in [6.45, 7) is 4.41. The lowest BCUT2D eigenvalue weighted by Crippen LogP contribution is -2.30. The van der Waals surface area contributed by atoms with Crippen molar-refractivity contribution in [1.29, 1.82) is 0 Å². The second-order valence-corrected chi connectivity index (χ2v) is 8.20. The first-order chi connectivity index (χ1) is 13.9. The van der Waals surface area contributed by atoms with Crippen LogP contribution in [0.25, 0.3) is 5.69 Å². The van der Waals surface area contributed by atoms with E-state index in [2.05, 4.69) is 20.8 Å². The fraction of sp³-hybridized carbons (Fsp3) is 0.263. The van der Waals surface area contributed by atoms with E-state index in [0.29, 0.717) is 18.8 Å². The van der Waals surface area contributed by atoms with E-state index in [4.69, 9.17) is 0 Å². The van der Waals surface area contributed by atoms with Crippen molar-refractivity contribution in [2.75, 3.05) is 18.4 Å². The predicted octanol–water partition coefficient (Wildman–Crippen LogP) is 1.87. The molecule has 0 fully saturated rings. The number of nitrogens with zero attached hydrogens (tertiary/aromatic N) is 5. The molecule has 1 aromatic heterocycles. The van der Waals surface area contributed by atoms with Crippen molar-refractivity contribution in [2.24, 2.45) is 0 Å². The fourth-order valence-corrected chi connectivity index (χ4v) is 4.32. The highest BCUT2D eigenvalue weighted by molar-refractivity contribution is 7.89. The molecule has 9 nitrogen and oxygen atoms in total. The number of tetrazole rings is 1.